The molecular weight excluding hydrogens is 426 g/mol. The first-order valence-corrected chi connectivity index (χ1v) is 12.0. The van der Waals surface area contributed by atoms with E-state index >= 15 is 0 Å². The lowest BCUT2D eigenvalue weighted by Crippen LogP contribution is -2.40. The number of esters is 1. The molecule has 0 radical (unpaired) electrons. The first kappa shape index (κ1) is 25.0. The van der Waals surface area contributed by atoms with Crippen molar-refractivity contribution >= 4 is 17.8 Å². The highest BCUT2D eigenvalue weighted by atomic mass is 16.5. The summed E-state index contributed by atoms with van der Waals surface area (Å²) in [5.41, 5.74) is -0.781. The van der Waals surface area contributed by atoms with Gasteiger partial charge < -0.3 is 24.7 Å². The van der Waals surface area contributed by atoms with Crippen molar-refractivity contribution in [2.45, 2.75) is 82.9 Å². The average Bonchev–Trinajstić information content (AvgIpc) is 3.29. The highest BCUT2D eigenvalue weighted by Crippen LogP contribution is 2.18. The second kappa shape index (κ2) is 12.5. The number of aromatic nitrogens is 1. The van der Waals surface area contributed by atoms with Gasteiger partial charge >= 0.3 is 5.97 Å². The van der Waals surface area contributed by atoms with E-state index < -0.39 is 23.2 Å². The number of hydrogen-bond donors (Lipinski definition) is 2. The van der Waals surface area contributed by atoms with E-state index in [0.717, 1.165) is 51.4 Å². The van der Waals surface area contributed by atoms with Crippen molar-refractivity contribution in [3.8, 4) is 0 Å². The van der Waals surface area contributed by atoms with Crippen LogP contribution < -0.4 is 16.1 Å². The van der Waals surface area contributed by atoms with Crippen LogP contribution in [0.1, 0.15) is 84.9 Å². The molecule has 1 unspecified atom stereocenters. The van der Waals surface area contributed by atoms with Crippen molar-refractivity contribution in [1.29, 1.82) is 0 Å². The van der Waals surface area contributed by atoms with Crippen molar-refractivity contribution in [3.05, 3.63) is 33.7 Å². The Kier molecular flexibility index (Phi) is 9.47. The number of pyridine rings is 1. The van der Waals surface area contributed by atoms with Crippen LogP contribution in [0.2, 0.25) is 0 Å². The summed E-state index contributed by atoms with van der Waals surface area (Å²) in [7, 11) is 1.27. The van der Waals surface area contributed by atoms with Crippen molar-refractivity contribution in [1.82, 2.24) is 15.2 Å². The summed E-state index contributed by atoms with van der Waals surface area (Å²) in [6.45, 7) is 1.17. The van der Waals surface area contributed by atoms with Crippen LogP contribution in [0, 0.1) is 0 Å². The van der Waals surface area contributed by atoms with E-state index in [1.54, 1.807) is 4.57 Å². The van der Waals surface area contributed by atoms with Gasteiger partial charge in [-0.2, -0.15) is 0 Å². The van der Waals surface area contributed by atoms with Crippen LogP contribution in [0.3, 0.4) is 0 Å². The standard InChI is InChI=1S/C24H35N3O6/c1-32-21(28)11-12-25-23(30)19-15-27(14-18-10-7-13-33-18)16-20(22(19)29)24(31)26-17-8-5-3-2-4-6-9-17/h15-18H,2-14H2,1H3,(H,25,30)(H,26,31). The highest BCUT2D eigenvalue weighted by Gasteiger charge is 2.23. The Balaban J connectivity index is 1.79. The molecule has 1 atom stereocenters. The Morgan fingerprint density at radius 1 is 1.00 bits per heavy atom. The smallest absolute Gasteiger partial charge is 0.307 e. The number of ether oxygens (including phenoxy) is 2. The Morgan fingerprint density at radius 2 is 1.67 bits per heavy atom. The molecular formula is C24H35N3O6. The quantitative estimate of drug-likeness (QED) is 0.573. The molecule has 0 bridgehead atoms. The second-order valence-electron chi connectivity index (χ2n) is 8.84. The number of nitrogens with zero attached hydrogens (tertiary/aromatic N) is 1. The zero-order valence-corrected chi connectivity index (χ0v) is 19.4. The second-order valence-corrected chi connectivity index (χ2v) is 8.84. The van der Waals surface area contributed by atoms with Crippen molar-refractivity contribution in [2.75, 3.05) is 20.3 Å². The lowest BCUT2D eigenvalue weighted by molar-refractivity contribution is -0.140. The van der Waals surface area contributed by atoms with E-state index in [2.05, 4.69) is 15.4 Å². The number of carbonyl (C=O) groups excluding carboxylic acids is 3. The van der Waals surface area contributed by atoms with E-state index in [9.17, 15) is 19.2 Å². The Bertz CT molecular complexity index is 883. The van der Waals surface area contributed by atoms with Gasteiger partial charge in [-0.3, -0.25) is 19.2 Å². The number of carbonyl (C=O) groups is 3. The van der Waals surface area contributed by atoms with Gasteiger partial charge in [-0.1, -0.05) is 32.1 Å². The third-order valence-corrected chi connectivity index (χ3v) is 6.29. The molecule has 1 saturated carbocycles. The maximum Gasteiger partial charge on any atom is 0.307 e. The van der Waals surface area contributed by atoms with Crippen LogP contribution in [0.15, 0.2) is 17.2 Å². The fourth-order valence-electron chi connectivity index (χ4n) is 4.42. The van der Waals surface area contributed by atoms with Gasteiger partial charge in [0.05, 0.1) is 19.6 Å². The van der Waals surface area contributed by atoms with Gasteiger partial charge in [-0.15, -0.1) is 0 Å². The van der Waals surface area contributed by atoms with Crippen LogP contribution in [0.25, 0.3) is 0 Å². The zero-order valence-electron chi connectivity index (χ0n) is 19.4. The molecule has 1 aromatic rings. The number of rotatable bonds is 8. The van der Waals surface area contributed by atoms with Crippen LogP contribution in [0.5, 0.6) is 0 Å². The van der Waals surface area contributed by atoms with Crippen LogP contribution in [-0.2, 0) is 20.8 Å². The third-order valence-electron chi connectivity index (χ3n) is 6.29. The fraction of sp³-hybridized carbons (Fsp3) is 0.667. The van der Waals surface area contributed by atoms with Gasteiger partial charge in [-0.25, -0.2) is 0 Å². The summed E-state index contributed by atoms with van der Waals surface area (Å²) in [4.78, 5) is 50.2. The number of methoxy groups -OCH3 is 1. The summed E-state index contributed by atoms with van der Waals surface area (Å²) < 4.78 is 12.0. The summed E-state index contributed by atoms with van der Waals surface area (Å²) in [6.07, 6.45) is 12.2. The summed E-state index contributed by atoms with van der Waals surface area (Å²) in [6, 6.07) is 0.0290. The first-order chi connectivity index (χ1) is 16.0. The molecule has 182 valence electrons. The minimum atomic E-state index is -0.620. The molecule has 2 amide bonds. The van der Waals surface area contributed by atoms with Gasteiger partial charge in [0.2, 0.25) is 5.43 Å². The van der Waals surface area contributed by atoms with Gasteiger partial charge in [0, 0.05) is 38.1 Å². The Morgan fingerprint density at radius 3 is 2.30 bits per heavy atom. The minimum absolute atomic E-state index is 0.00575. The Hall–Kier alpha value is -2.68. The van der Waals surface area contributed by atoms with E-state index in [4.69, 9.17) is 4.74 Å². The molecule has 9 nitrogen and oxygen atoms in total. The van der Waals surface area contributed by atoms with Gasteiger partial charge in [0.25, 0.3) is 11.8 Å². The van der Waals surface area contributed by atoms with E-state index in [1.165, 1.54) is 25.9 Å². The SMILES string of the molecule is COC(=O)CCNC(=O)c1cn(CC2CCCO2)cc(C(=O)NC2CCCCCCC2)c1=O. The molecule has 33 heavy (non-hydrogen) atoms. The van der Waals surface area contributed by atoms with E-state index in [-0.39, 0.29) is 36.2 Å². The van der Waals surface area contributed by atoms with Gasteiger partial charge in [-0.05, 0) is 25.7 Å². The molecule has 1 aromatic heterocycles. The summed E-state index contributed by atoms with van der Waals surface area (Å²) in [5, 5.41) is 5.59. The topological polar surface area (TPSA) is 116 Å². The lowest BCUT2D eigenvalue weighted by atomic mass is 9.96. The summed E-state index contributed by atoms with van der Waals surface area (Å²) >= 11 is 0. The Labute approximate surface area is 194 Å². The first-order valence-electron chi connectivity index (χ1n) is 12.0. The molecule has 0 aromatic carbocycles. The van der Waals surface area contributed by atoms with E-state index in [0.29, 0.717) is 13.2 Å². The maximum atomic E-state index is 13.1. The van der Waals surface area contributed by atoms with Crippen LogP contribution >= 0.6 is 0 Å². The molecule has 1 aliphatic carbocycles. The van der Waals surface area contributed by atoms with Crippen molar-refractivity contribution in [2.24, 2.45) is 0 Å². The van der Waals surface area contributed by atoms with Crippen LogP contribution in [0.4, 0.5) is 0 Å². The molecule has 9 heteroatoms. The number of hydrogen-bond acceptors (Lipinski definition) is 6. The number of amides is 2. The largest absolute Gasteiger partial charge is 0.469 e. The van der Waals surface area contributed by atoms with Crippen molar-refractivity contribution < 1.29 is 23.9 Å². The van der Waals surface area contributed by atoms with Crippen LogP contribution in [-0.4, -0.2) is 54.8 Å². The minimum Gasteiger partial charge on any atom is -0.469 e. The van der Waals surface area contributed by atoms with E-state index in [1.807, 2.05) is 0 Å². The third kappa shape index (κ3) is 7.42. The average molecular weight is 462 g/mol. The molecule has 1 saturated heterocycles. The molecule has 3 rings (SSSR count). The van der Waals surface area contributed by atoms with Gasteiger partial charge in [0.15, 0.2) is 0 Å². The molecule has 2 aliphatic rings. The summed E-state index contributed by atoms with van der Waals surface area (Å²) in [5.74, 6) is -1.53. The highest BCUT2D eigenvalue weighted by molar-refractivity contribution is 5.99. The molecule has 0 spiro atoms. The fourth-order valence-corrected chi connectivity index (χ4v) is 4.42. The van der Waals surface area contributed by atoms with Gasteiger partial charge in [0.1, 0.15) is 11.1 Å². The number of nitrogens with one attached hydrogen (secondary N) is 2. The normalized spacial score (nSPS) is 19.4. The predicted molar refractivity (Wildman–Crippen MR) is 122 cm³/mol. The molecule has 2 heterocycles. The maximum absolute atomic E-state index is 13.1. The van der Waals surface area contributed by atoms with Crippen molar-refractivity contribution in [3.63, 3.8) is 0 Å². The monoisotopic (exact) mass is 461 g/mol. The molecule has 2 fully saturated rings. The zero-order chi connectivity index (χ0) is 23.6. The lowest BCUT2D eigenvalue weighted by Gasteiger charge is -2.21. The molecule has 1 aliphatic heterocycles. The molecule has 2 N–H and O–H groups in total. The predicted octanol–water partition coefficient (Wildman–Crippen LogP) is 2.16.